The zero-order chi connectivity index (χ0) is 11.3. The van der Waals surface area contributed by atoms with Gasteiger partial charge in [-0.15, -0.1) is 0 Å². The molecular weight excluding hydrogens is 188 g/mol. The van der Waals surface area contributed by atoms with Gasteiger partial charge in [-0.25, -0.2) is 0 Å². The van der Waals surface area contributed by atoms with Crippen molar-refractivity contribution in [2.24, 2.45) is 0 Å². The van der Waals surface area contributed by atoms with Gasteiger partial charge >= 0.3 is 0 Å². The number of aryl methyl sites for hydroxylation is 4. The van der Waals surface area contributed by atoms with Crippen molar-refractivity contribution in [1.82, 2.24) is 0 Å². The molecule has 0 atom stereocenters. The summed E-state index contributed by atoms with van der Waals surface area (Å²) >= 11 is 0. The molecular formula is C13H18O2. The molecule has 2 aromatic rings. The summed E-state index contributed by atoms with van der Waals surface area (Å²) in [4.78, 5) is 0. The summed E-state index contributed by atoms with van der Waals surface area (Å²) in [7, 11) is 0. The monoisotopic (exact) mass is 206 g/mol. The number of rotatable bonds is 1. The molecule has 15 heavy (non-hydrogen) atoms. The van der Waals surface area contributed by atoms with Gasteiger partial charge in [0.05, 0.1) is 12.5 Å². The highest BCUT2D eigenvalue weighted by Gasteiger charge is 1.90. The topological polar surface area (TPSA) is 26.3 Å². The van der Waals surface area contributed by atoms with E-state index in [4.69, 9.17) is 8.83 Å². The first-order chi connectivity index (χ1) is 7.11. The quantitative estimate of drug-likeness (QED) is 0.703. The van der Waals surface area contributed by atoms with Crippen molar-refractivity contribution >= 4 is 0 Å². The molecule has 0 amide bonds. The number of hydrogen-bond acceptors (Lipinski definition) is 2. The average Bonchev–Trinajstić information content (AvgIpc) is 2.76. The molecule has 0 N–H and O–H groups in total. The van der Waals surface area contributed by atoms with E-state index in [1.165, 1.54) is 11.1 Å². The van der Waals surface area contributed by atoms with Gasteiger partial charge in [0.15, 0.2) is 0 Å². The minimum Gasteiger partial charge on any atom is -0.469 e. The molecule has 2 rings (SSSR count). The molecule has 0 aliphatic heterocycles. The first-order valence-corrected chi connectivity index (χ1v) is 5.17. The van der Waals surface area contributed by atoms with Gasteiger partial charge in [-0.05, 0) is 50.5 Å². The Labute approximate surface area is 90.9 Å². The second-order valence-corrected chi connectivity index (χ2v) is 3.65. The zero-order valence-electron chi connectivity index (χ0n) is 9.83. The lowest BCUT2D eigenvalue weighted by Crippen LogP contribution is -1.67. The minimum atomic E-state index is 0.984. The average molecular weight is 206 g/mol. The Bertz CT molecular complexity index is 380. The molecule has 82 valence electrons. The molecule has 0 saturated heterocycles. The summed E-state index contributed by atoms with van der Waals surface area (Å²) in [6, 6.07) is 4.06. The van der Waals surface area contributed by atoms with Gasteiger partial charge in [0.25, 0.3) is 0 Å². The summed E-state index contributed by atoms with van der Waals surface area (Å²) < 4.78 is 10.0. The second-order valence-electron chi connectivity index (χ2n) is 3.65. The van der Waals surface area contributed by atoms with Crippen molar-refractivity contribution in [3.63, 3.8) is 0 Å². The van der Waals surface area contributed by atoms with Crippen molar-refractivity contribution in [1.29, 1.82) is 0 Å². The van der Waals surface area contributed by atoms with Gasteiger partial charge in [-0.2, -0.15) is 0 Å². The van der Waals surface area contributed by atoms with Crippen LogP contribution in [0.3, 0.4) is 0 Å². The molecule has 0 saturated carbocycles. The molecule has 2 heteroatoms. The fourth-order valence-corrected chi connectivity index (χ4v) is 1.26. The third-order valence-electron chi connectivity index (χ3n) is 2.05. The van der Waals surface area contributed by atoms with E-state index in [0.717, 1.165) is 17.9 Å². The maximum Gasteiger partial charge on any atom is 0.100 e. The minimum absolute atomic E-state index is 0.984. The van der Waals surface area contributed by atoms with Crippen molar-refractivity contribution in [3.8, 4) is 0 Å². The summed E-state index contributed by atoms with van der Waals surface area (Å²) in [5.41, 5.74) is 2.47. The molecule has 0 aliphatic carbocycles. The molecule has 0 unspecified atom stereocenters. The maximum atomic E-state index is 5.06. The van der Waals surface area contributed by atoms with Crippen LogP contribution in [0.4, 0.5) is 0 Å². The van der Waals surface area contributed by atoms with Crippen LogP contribution in [-0.2, 0) is 6.42 Å². The lowest BCUT2D eigenvalue weighted by molar-refractivity contribution is 0.532. The van der Waals surface area contributed by atoms with E-state index in [2.05, 4.69) is 13.0 Å². The smallest absolute Gasteiger partial charge is 0.100 e. The summed E-state index contributed by atoms with van der Waals surface area (Å²) in [6.07, 6.45) is 4.61. The Morgan fingerprint density at radius 2 is 1.53 bits per heavy atom. The first-order valence-electron chi connectivity index (χ1n) is 5.17. The fraction of sp³-hybridized carbons (Fsp3) is 0.385. The molecule has 2 aromatic heterocycles. The van der Waals surface area contributed by atoms with Crippen LogP contribution in [0, 0.1) is 20.8 Å². The Hall–Kier alpha value is -1.44. The molecule has 2 heterocycles. The van der Waals surface area contributed by atoms with E-state index < -0.39 is 0 Å². The predicted octanol–water partition coefficient (Wildman–Crippen LogP) is 4.05. The first kappa shape index (κ1) is 11.6. The third-order valence-corrected chi connectivity index (χ3v) is 2.05. The number of hydrogen-bond donors (Lipinski definition) is 0. The van der Waals surface area contributed by atoms with Gasteiger partial charge in [-0.1, -0.05) is 6.92 Å². The van der Waals surface area contributed by atoms with Crippen molar-refractivity contribution in [2.75, 3.05) is 0 Å². The van der Waals surface area contributed by atoms with Gasteiger partial charge in [0.1, 0.15) is 11.5 Å². The lowest BCUT2D eigenvalue weighted by atomic mass is 10.2. The Balaban J connectivity index is 0.000000151. The fourth-order valence-electron chi connectivity index (χ4n) is 1.26. The van der Waals surface area contributed by atoms with Crippen molar-refractivity contribution < 1.29 is 8.83 Å². The highest BCUT2D eigenvalue weighted by molar-refractivity contribution is 5.10. The Morgan fingerprint density at radius 1 is 0.933 bits per heavy atom. The summed E-state index contributed by atoms with van der Waals surface area (Å²) in [5.74, 6) is 1.99. The van der Waals surface area contributed by atoms with Crippen LogP contribution in [0.5, 0.6) is 0 Å². The van der Waals surface area contributed by atoms with E-state index in [0.29, 0.717) is 0 Å². The largest absolute Gasteiger partial charge is 0.469 e. The molecule has 0 fully saturated rings. The van der Waals surface area contributed by atoms with Crippen molar-refractivity contribution in [3.05, 3.63) is 47.3 Å². The standard InChI is InChI=1S/C7H10O.C6H8O/c1-3-7-4-6(2)8-5-7;1-5-3-6(2)7-4-5/h4-5H,3H2,1-2H3;3-4H,1-2H3. The van der Waals surface area contributed by atoms with Crippen LogP contribution in [0.1, 0.15) is 29.6 Å². The summed E-state index contributed by atoms with van der Waals surface area (Å²) in [5, 5.41) is 0. The normalized spacial score (nSPS) is 9.60. The van der Waals surface area contributed by atoms with E-state index in [1.807, 2.05) is 26.8 Å². The van der Waals surface area contributed by atoms with E-state index >= 15 is 0 Å². The van der Waals surface area contributed by atoms with Crippen LogP contribution in [0.15, 0.2) is 33.5 Å². The highest BCUT2D eigenvalue weighted by atomic mass is 16.3. The molecule has 0 aliphatic rings. The van der Waals surface area contributed by atoms with Crippen LogP contribution >= 0.6 is 0 Å². The van der Waals surface area contributed by atoms with E-state index in [1.54, 1.807) is 12.5 Å². The second kappa shape index (κ2) is 5.44. The molecule has 2 nitrogen and oxygen atoms in total. The molecule has 0 aromatic carbocycles. The maximum absolute atomic E-state index is 5.06. The lowest BCUT2D eigenvalue weighted by Gasteiger charge is -1.77. The van der Waals surface area contributed by atoms with Gasteiger partial charge in [0.2, 0.25) is 0 Å². The Kier molecular flexibility index (Phi) is 4.22. The predicted molar refractivity (Wildman–Crippen MR) is 61.0 cm³/mol. The molecule has 0 spiro atoms. The zero-order valence-corrected chi connectivity index (χ0v) is 9.83. The van der Waals surface area contributed by atoms with Gasteiger partial charge in [-0.3, -0.25) is 0 Å². The number of furan rings is 2. The molecule has 0 bridgehead atoms. The van der Waals surface area contributed by atoms with E-state index in [9.17, 15) is 0 Å². The van der Waals surface area contributed by atoms with Crippen LogP contribution < -0.4 is 0 Å². The van der Waals surface area contributed by atoms with Crippen LogP contribution in [0.2, 0.25) is 0 Å². The van der Waals surface area contributed by atoms with Gasteiger partial charge in [0, 0.05) is 0 Å². The Morgan fingerprint density at radius 3 is 1.73 bits per heavy atom. The highest BCUT2D eigenvalue weighted by Crippen LogP contribution is 2.05. The SMILES string of the molecule is CCc1coc(C)c1.Cc1coc(C)c1. The van der Waals surface area contributed by atoms with Crippen LogP contribution in [0.25, 0.3) is 0 Å². The van der Waals surface area contributed by atoms with Gasteiger partial charge < -0.3 is 8.83 Å². The van der Waals surface area contributed by atoms with Crippen molar-refractivity contribution in [2.45, 2.75) is 34.1 Å². The van der Waals surface area contributed by atoms with Crippen LogP contribution in [-0.4, -0.2) is 0 Å². The molecule has 0 radical (unpaired) electrons. The summed E-state index contributed by atoms with van der Waals surface area (Å²) in [6.45, 7) is 8.02. The third kappa shape index (κ3) is 4.07. The van der Waals surface area contributed by atoms with E-state index in [-0.39, 0.29) is 0 Å².